The first-order valence-electron chi connectivity index (χ1n) is 13.5. The van der Waals surface area contributed by atoms with Crippen LogP contribution in [0.2, 0.25) is 0 Å². The minimum Gasteiger partial charge on any atom is -0.378 e. The Bertz CT molecular complexity index is 1440. The van der Waals surface area contributed by atoms with Crippen LogP contribution in [0.25, 0.3) is 22.3 Å². The number of hydrogen-bond acceptors (Lipinski definition) is 8. The molecular weight excluding hydrogens is 513 g/mol. The van der Waals surface area contributed by atoms with Gasteiger partial charge in [0.15, 0.2) is 0 Å². The number of nitrogens with zero attached hydrogens (tertiary/aromatic N) is 4. The Morgan fingerprint density at radius 1 is 1.10 bits per heavy atom. The fourth-order valence-corrected chi connectivity index (χ4v) is 6.07. The number of ether oxygens (including phenoxy) is 1. The third-order valence-electron chi connectivity index (χ3n) is 7.50. The number of halogens is 1. The van der Waals surface area contributed by atoms with Crippen LogP contribution in [0.3, 0.4) is 0 Å². The van der Waals surface area contributed by atoms with E-state index in [1.54, 1.807) is 18.5 Å². The van der Waals surface area contributed by atoms with Crippen LogP contribution < -0.4 is 20.3 Å². The summed E-state index contributed by atoms with van der Waals surface area (Å²) in [5.41, 5.74) is 11.3. The van der Waals surface area contributed by atoms with E-state index in [9.17, 15) is 0 Å². The predicted octanol–water partition coefficient (Wildman–Crippen LogP) is 5.35. The van der Waals surface area contributed by atoms with E-state index in [0.29, 0.717) is 18.9 Å². The van der Waals surface area contributed by atoms with Crippen LogP contribution in [0, 0.1) is 5.82 Å². The molecule has 2 aromatic heterocycles. The van der Waals surface area contributed by atoms with Crippen LogP contribution in [-0.2, 0) is 4.74 Å². The van der Waals surface area contributed by atoms with Crippen molar-refractivity contribution in [2.45, 2.75) is 31.1 Å². The number of anilines is 3. The molecule has 2 aliphatic rings. The monoisotopic (exact) mass is 547 g/mol. The second-order valence-corrected chi connectivity index (χ2v) is 11.4. The van der Waals surface area contributed by atoms with Gasteiger partial charge < -0.3 is 30.0 Å². The van der Waals surface area contributed by atoms with E-state index in [4.69, 9.17) is 10.5 Å². The number of piperidine rings is 1. The predicted molar refractivity (Wildman–Crippen MR) is 158 cm³/mol. The summed E-state index contributed by atoms with van der Waals surface area (Å²) in [5.74, 6) is 0.573. The highest BCUT2D eigenvalue weighted by Crippen LogP contribution is 2.35. The smallest absolute Gasteiger partial charge is 0.147 e. The van der Waals surface area contributed by atoms with Gasteiger partial charge in [-0.15, -0.1) is 0 Å². The van der Waals surface area contributed by atoms with Gasteiger partial charge in [-0.2, -0.15) is 0 Å². The molecule has 0 amide bonds. The number of rotatable bonds is 7. The molecule has 2 aromatic carbocycles. The second-order valence-electron chi connectivity index (χ2n) is 10.2. The fraction of sp³-hybridized carbons (Fsp3) is 0.379. The lowest BCUT2D eigenvalue weighted by atomic mass is 10.0. The van der Waals surface area contributed by atoms with Crippen LogP contribution in [0.5, 0.6) is 0 Å². The van der Waals surface area contributed by atoms with Crippen molar-refractivity contribution in [3.63, 3.8) is 0 Å². The molecule has 2 atom stereocenters. The van der Waals surface area contributed by atoms with Crippen molar-refractivity contribution in [2.75, 3.05) is 53.9 Å². The lowest BCUT2D eigenvalue weighted by Crippen LogP contribution is -2.42. The van der Waals surface area contributed by atoms with Crippen molar-refractivity contribution in [3.8, 4) is 11.3 Å². The molecule has 0 saturated carbocycles. The minimum absolute atomic E-state index is 0.133. The van der Waals surface area contributed by atoms with Crippen LogP contribution in [0.15, 0.2) is 54.9 Å². The first-order chi connectivity index (χ1) is 19.0. The third kappa shape index (κ3) is 5.68. The maximum atomic E-state index is 15.2. The van der Waals surface area contributed by atoms with Gasteiger partial charge in [0.05, 0.1) is 24.3 Å². The molecule has 0 radical (unpaired) electrons. The molecule has 2 aliphatic heterocycles. The summed E-state index contributed by atoms with van der Waals surface area (Å²) in [5, 5.41) is 1.06. The van der Waals surface area contributed by atoms with Crippen LogP contribution >= 0.6 is 11.9 Å². The first-order valence-corrected chi connectivity index (χ1v) is 14.4. The van der Waals surface area contributed by atoms with Crippen molar-refractivity contribution < 1.29 is 9.13 Å². The fourth-order valence-electron chi connectivity index (χ4n) is 5.31. The molecule has 4 N–H and O–H groups in total. The zero-order valence-corrected chi connectivity index (χ0v) is 22.9. The number of nitrogens with two attached hydrogens (primary N) is 1. The molecule has 4 heterocycles. The molecule has 0 bridgehead atoms. The highest BCUT2D eigenvalue weighted by atomic mass is 32.2. The van der Waals surface area contributed by atoms with Crippen LogP contribution in [0.4, 0.5) is 21.6 Å². The van der Waals surface area contributed by atoms with Crippen molar-refractivity contribution in [1.29, 1.82) is 0 Å². The number of benzene rings is 2. The Morgan fingerprint density at radius 3 is 2.79 bits per heavy atom. The summed E-state index contributed by atoms with van der Waals surface area (Å²) < 4.78 is 23.9. The molecular formula is C29H34FN7OS. The van der Waals surface area contributed by atoms with Gasteiger partial charge in [-0.3, -0.25) is 0 Å². The maximum Gasteiger partial charge on any atom is 0.147 e. The first kappa shape index (κ1) is 25.9. The summed E-state index contributed by atoms with van der Waals surface area (Å²) >= 11 is 1.50. The highest BCUT2D eigenvalue weighted by Gasteiger charge is 2.20. The van der Waals surface area contributed by atoms with E-state index in [-0.39, 0.29) is 17.1 Å². The normalized spacial score (nSPS) is 18.9. The molecule has 0 aliphatic carbocycles. The van der Waals surface area contributed by atoms with E-state index < -0.39 is 0 Å². The second kappa shape index (κ2) is 11.4. The average Bonchev–Trinajstić information content (AvgIpc) is 3.42. The van der Waals surface area contributed by atoms with E-state index in [0.717, 1.165) is 67.1 Å². The van der Waals surface area contributed by atoms with Gasteiger partial charge in [0.25, 0.3) is 0 Å². The van der Waals surface area contributed by atoms with Crippen molar-refractivity contribution in [3.05, 3.63) is 66.2 Å². The molecule has 8 nitrogen and oxygen atoms in total. The average molecular weight is 548 g/mol. The van der Waals surface area contributed by atoms with Gasteiger partial charge >= 0.3 is 0 Å². The van der Waals surface area contributed by atoms with Gasteiger partial charge in [-0.25, -0.2) is 14.4 Å². The molecule has 39 heavy (non-hydrogen) atoms. The Balaban J connectivity index is 1.14. The number of aromatic amines is 1. The topological polar surface area (TPSA) is 95.3 Å². The van der Waals surface area contributed by atoms with Gasteiger partial charge in [0.2, 0.25) is 0 Å². The largest absolute Gasteiger partial charge is 0.378 e. The Labute approximate surface area is 232 Å². The van der Waals surface area contributed by atoms with E-state index in [1.165, 1.54) is 23.2 Å². The van der Waals surface area contributed by atoms with Gasteiger partial charge in [-0.05, 0) is 67.6 Å². The minimum atomic E-state index is -0.304. The van der Waals surface area contributed by atoms with Crippen molar-refractivity contribution in [1.82, 2.24) is 15.0 Å². The molecule has 0 spiro atoms. The van der Waals surface area contributed by atoms with Crippen LogP contribution in [-0.4, -0.2) is 60.4 Å². The standard InChI is InChI=1S/C29H34FN7OS/c1-19(20-4-2-6-23(14-20)37-9-3-5-22(31)17-37)39-35-26-8-7-21(15-25(26)30)27-16-24-28(34-27)32-18-33-29(24)36-10-12-38-13-11-36/h2,4,6-8,14-16,18-19,22,35H,3,5,9-13,17,31H2,1H3,(H,32,33,34)/t19?,22-/m1/s1. The van der Waals surface area contributed by atoms with Crippen molar-refractivity contribution >= 4 is 40.2 Å². The molecule has 4 aromatic rings. The quantitative estimate of drug-likeness (QED) is 0.267. The van der Waals surface area contributed by atoms with E-state index in [2.05, 4.69) is 60.7 Å². The summed E-state index contributed by atoms with van der Waals surface area (Å²) in [7, 11) is 0. The highest BCUT2D eigenvalue weighted by molar-refractivity contribution is 8.00. The molecule has 204 valence electrons. The van der Waals surface area contributed by atoms with Crippen molar-refractivity contribution in [2.24, 2.45) is 5.73 Å². The maximum absolute atomic E-state index is 15.2. The number of aromatic nitrogens is 3. The molecule has 2 fully saturated rings. The molecule has 1 unspecified atom stereocenters. The van der Waals surface area contributed by atoms with Gasteiger partial charge in [-0.1, -0.05) is 18.2 Å². The third-order valence-corrected chi connectivity index (χ3v) is 8.47. The zero-order valence-electron chi connectivity index (χ0n) is 22.1. The summed E-state index contributed by atoms with van der Waals surface area (Å²) in [6, 6.07) is 16.1. The number of hydrogen-bond donors (Lipinski definition) is 3. The Morgan fingerprint density at radius 2 is 1.97 bits per heavy atom. The summed E-state index contributed by atoms with van der Waals surface area (Å²) in [6.07, 6.45) is 3.77. The summed E-state index contributed by atoms with van der Waals surface area (Å²) in [6.45, 7) is 6.98. The number of morpholine rings is 1. The number of H-pyrrole nitrogens is 1. The number of fused-ring (bicyclic) bond motifs is 1. The SMILES string of the molecule is CC(SNc1ccc(-c2cc3c(N4CCOCC4)ncnc3[nH]2)cc1F)c1cccc(N2CCC[C@@H](N)C2)c1. The zero-order chi connectivity index (χ0) is 26.8. The Hall–Kier alpha value is -3.34. The molecule has 6 rings (SSSR count). The lowest BCUT2D eigenvalue weighted by Gasteiger charge is -2.33. The van der Waals surface area contributed by atoms with E-state index in [1.807, 2.05) is 12.1 Å². The lowest BCUT2D eigenvalue weighted by molar-refractivity contribution is 0.122. The Kier molecular flexibility index (Phi) is 7.58. The number of nitrogens with one attached hydrogen (secondary N) is 2. The molecule has 10 heteroatoms. The molecule has 2 saturated heterocycles. The van der Waals surface area contributed by atoms with Crippen LogP contribution in [0.1, 0.15) is 30.6 Å². The summed E-state index contributed by atoms with van der Waals surface area (Å²) in [4.78, 5) is 16.8. The van der Waals surface area contributed by atoms with Gasteiger partial charge in [0.1, 0.15) is 23.6 Å². The van der Waals surface area contributed by atoms with E-state index >= 15 is 4.39 Å². The van der Waals surface area contributed by atoms with Gasteiger partial charge in [0, 0.05) is 54.4 Å².